The fourth-order valence-electron chi connectivity index (χ4n) is 2.28. The fraction of sp³-hybridized carbons (Fsp3) is 0.917. The summed E-state index contributed by atoms with van der Waals surface area (Å²) in [5, 5.41) is 10.2. The van der Waals surface area contributed by atoms with E-state index in [1.165, 1.54) is 0 Å². The zero-order valence-corrected chi connectivity index (χ0v) is 11.1. The summed E-state index contributed by atoms with van der Waals surface area (Å²) in [6.07, 6.45) is -2.38. The Kier molecular flexibility index (Phi) is 3.50. The largest absolute Gasteiger partial charge is 0.387 e. The van der Waals surface area contributed by atoms with Crippen LogP contribution in [0.25, 0.3) is 0 Å². The Morgan fingerprint density at radius 1 is 1.17 bits per heavy atom. The summed E-state index contributed by atoms with van der Waals surface area (Å²) >= 11 is 0. The summed E-state index contributed by atoms with van der Waals surface area (Å²) in [7, 11) is 0. The molecule has 2 aliphatic rings. The number of carbonyl (C=O) groups excluding carboxylic acids is 1. The second-order valence-corrected chi connectivity index (χ2v) is 5.56. The van der Waals surface area contributed by atoms with E-state index in [0.717, 1.165) is 0 Å². The monoisotopic (exact) mass is 260 g/mol. The van der Waals surface area contributed by atoms with Crippen LogP contribution in [-0.4, -0.2) is 54.0 Å². The van der Waals surface area contributed by atoms with Crippen LogP contribution >= 0.6 is 0 Å². The van der Waals surface area contributed by atoms with Crippen LogP contribution in [0.3, 0.4) is 0 Å². The first kappa shape index (κ1) is 13.9. The maximum atomic E-state index is 11.0. The van der Waals surface area contributed by atoms with Gasteiger partial charge >= 0.3 is 0 Å². The van der Waals surface area contributed by atoms with Gasteiger partial charge in [0.1, 0.15) is 24.4 Å². The van der Waals surface area contributed by atoms with Crippen molar-refractivity contribution >= 4 is 6.29 Å². The van der Waals surface area contributed by atoms with Crippen molar-refractivity contribution in [3.05, 3.63) is 0 Å². The summed E-state index contributed by atoms with van der Waals surface area (Å²) < 4.78 is 21.9. The molecule has 0 bridgehead atoms. The molecular weight excluding hydrogens is 240 g/mol. The van der Waals surface area contributed by atoms with E-state index in [1.54, 1.807) is 27.7 Å². The molecule has 2 saturated heterocycles. The smallest absolute Gasteiger partial charge is 0.164 e. The van der Waals surface area contributed by atoms with Gasteiger partial charge in [-0.3, -0.25) is 0 Å². The molecule has 0 unspecified atom stereocenters. The molecule has 0 aromatic carbocycles. The molecule has 0 saturated carbocycles. The van der Waals surface area contributed by atoms with Crippen LogP contribution in [0.2, 0.25) is 0 Å². The van der Waals surface area contributed by atoms with Gasteiger partial charge in [-0.2, -0.15) is 0 Å². The van der Waals surface area contributed by atoms with E-state index in [0.29, 0.717) is 6.29 Å². The molecule has 4 atom stereocenters. The zero-order valence-electron chi connectivity index (χ0n) is 11.1. The van der Waals surface area contributed by atoms with Gasteiger partial charge in [0.05, 0.1) is 6.61 Å². The molecule has 6 heteroatoms. The number of rotatable bonds is 3. The first-order valence-corrected chi connectivity index (χ1v) is 6.05. The highest BCUT2D eigenvalue weighted by atomic mass is 16.8. The average Bonchev–Trinajstić information content (AvgIpc) is 2.77. The van der Waals surface area contributed by atoms with E-state index in [9.17, 15) is 9.90 Å². The topological polar surface area (TPSA) is 74.2 Å². The van der Waals surface area contributed by atoms with Gasteiger partial charge in [-0.1, -0.05) is 0 Å². The number of carbonyl (C=O) groups is 1. The van der Waals surface area contributed by atoms with Gasteiger partial charge in [-0.05, 0) is 27.7 Å². The molecule has 18 heavy (non-hydrogen) atoms. The minimum Gasteiger partial charge on any atom is -0.387 e. The number of aldehydes is 1. The van der Waals surface area contributed by atoms with Gasteiger partial charge in [0.15, 0.2) is 17.9 Å². The Hall–Kier alpha value is -0.530. The van der Waals surface area contributed by atoms with Gasteiger partial charge in [0.2, 0.25) is 0 Å². The molecule has 2 fully saturated rings. The van der Waals surface area contributed by atoms with Crippen molar-refractivity contribution in [1.29, 1.82) is 0 Å². The third-order valence-electron chi connectivity index (χ3n) is 3.05. The fourth-order valence-corrected chi connectivity index (χ4v) is 2.28. The molecule has 0 radical (unpaired) electrons. The Morgan fingerprint density at radius 3 is 2.33 bits per heavy atom. The van der Waals surface area contributed by atoms with Gasteiger partial charge in [0, 0.05) is 0 Å². The van der Waals surface area contributed by atoms with Crippen LogP contribution < -0.4 is 0 Å². The maximum Gasteiger partial charge on any atom is 0.164 e. The number of aliphatic hydroxyl groups excluding tert-OH is 1. The molecule has 0 aromatic rings. The molecule has 2 aliphatic heterocycles. The number of hydrogen-bond acceptors (Lipinski definition) is 6. The molecule has 0 aromatic heterocycles. The molecule has 104 valence electrons. The van der Waals surface area contributed by atoms with Gasteiger partial charge in [0.25, 0.3) is 0 Å². The summed E-state index contributed by atoms with van der Waals surface area (Å²) in [5.74, 6) is -1.61. The van der Waals surface area contributed by atoms with Gasteiger partial charge < -0.3 is 28.8 Å². The highest BCUT2D eigenvalue weighted by molar-refractivity contribution is 5.58. The molecule has 1 N–H and O–H groups in total. The van der Waals surface area contributed by atoms with E-state index in [-0.39, 0.29) is 6.61 Å². The summed E-state index contributed by atoms with van der Waals surface area (Å²) in [4.78, 5) is 11.0. The summed E-state index contributed by atoms with van der Waals surface area (Å²) in [5.41, 5.74) is 0. The van der Waals surface area contributed by atoms with Crippen LogP contribution in [0.4, 0.5) is 0 Å². The molecule has 0 aliphatic carbocycles. The highest BCUT2D eigenvalue weighted by Gasteiger charge is 2.49. The predicted octanol–water partition coefficient (Wildman–Crippen LogP) is 0.218. The van der Waals surface area contributed by atoms with Gasteiger partial charge in [-0.15, -0.1) is 0 Å². The van der Waals surface area contributed by atoms with Crippen molar-refractivity contribution < 1.29 is 28.8 Å². The lowest BCUT2D eigenvalue weighted by Crippen LogP contribution is -2.45. The lowest BCUT2D eigenvalue weighted by atomic mass is 10.0. The molecular formula is C12H20O6. The Labute approximate surface area is 106 Å². The third-order valence-corrected chi connectivity index (χ3v) is 3.05. The summed E-state index contributed by atoms with van der Waals surface area (Å²) in [6, 6.07) is 0. The SMILES string of the molecule is CC1(C)O[C@H]([C@@H](O)[C@H]2COC(C)(C)O2)[C@H](C=O)O1. The van der Waals surface area contributed by atoms with Crippen molar-refractivity contribution in [3.8, 4) is 0 Å². The van der Waals surface area contributed by atoms with Gasteiger partial charge in [-0.25, -0.2) is 0 Å². The minimum absolute atomic E-state index is 0.264. The van der Waals surface area contributed by atoms with E-state index in [2.05, 4.69) is 0 Å². The van der Waals surface area contributed by atoms with Crippen molar-refractivity contribution in [2.75, 3.05) is 6.61 Å². The number of hydrogen-bond donors (Lipinski definition) is 1. The quantitative estimate of drug-likeness (QED) is 0.732. The molecule has 2 rings (SSSR count). The standard InChI is InChI=1S/C12H20O6/c1-11(2)15-6-8(17-11)9(14)10-7(5-13)16-12(3,4)18-10/h5,7-10,14H,6H2,1-4H3/t7-,8+,9-,10-/m0/s1. The zero-order chi connectivity index (χ0) is 13.6. The van der Waals surface area contributed by atoms with E-state index >= 15 is 0 Å². The molecule has 0 spiro atoms. The van der Waals surface area contributed by atoms with Crippen LogP contribution in [0.15, 0.2) is 0 Å². The lowest BCUT2D eigenvalue weighted by Gasteiger charge is -2.25. The highest BCUT2D eigenvalue weighted by Crippen LogP contribution is 2.33. The lowest BCUT2D eigenvalue weighted by molar-refractivity contribution is -0.178. The van der Waals surface area contributed by atoms with Crippen molar-refractivity contribution in [1.82, 2.24) is 0 Å². The number of ether oxygens (including phenoxy) is 4. The van der Waals surface area contributed by atoms with Crippen molar-refractivity contribution in [2.24, 2.45) is 0 Å². The molecule has 0 amide bonds. The van der Waals surface area contributed by atoms with E-state index in [1.807, 2.05) is 0 Å². The van der Waals surface area contributed by atoms with Crippen molar-refractivity contribution in [2.45, 2.75) is 63.7 Å². The van der Waals surface area contributed by atoms with Crippen LogP contribution in [-0.2, 0) is 23.7 Å². The van der Waals surface area contributed by atoms with Crippen molar-refractivity contribution in [3.63, 3.8) is 0 Å². The second-order valence-electron chi connectivity index (χ2n) is 5.56. The van der Waals surface area contributed by atoms with Crippen LogP contribution in [0.1, 0.15) is 27.7 Å². The Bertz CT molecular complexity index is 327. The maximum absolute atomic E-state index is 11.0. The molecule has 6 nitrogen and oxygen atoms in total. The Balaban J connectivity index is 2.05. The summed E-state index contributed by atoms with van der Waals surface area (Å²) in [6.45, 7) is 7.21. The first-order valence-electron chi connectivity index (χ1n) is 6.05. The first-order chi connectivity index (χ1) is 8.24. The number of aliphatic hydroxyl groups is 1. The average molecular weight is 260 g/mol. The van der Waals surface area contributed by atoms with Crippen LogP contribution in [0, 0.1) is 0 Å². The van der Waals surface area contributed by atoms with E-state index < -0.39 is 36.0 Å². The predicted molar refractivity (Wildman–Crippen MR) is 60.8 cm³/mol. The second kappa shape index (κ2) is 4.54. The van der Waals surface area contributed by atoms with E-state index in [4.69, 9.17) is 18.9 Å². The van der Waals surface area contributed by atoms with Crippen LogP contribution in [0.5, 0.6) is 0 Å². The Morgan fingerprint density at radius 2 is 1.83 bits per heavy atom. The normalized spacial score (nSPS) is 39.7. The minimum atomic E-state index is -0.969. The third kappa shape index (κ3) is 2.73. The molecule has 2 heterocycles.